The third-order valence-corrected chi connectivity index (χ3v) is 4.73. The van der Waals surface area contributed by atoms with E-state index in [0.29, 0.717) is 24.7 Å². The highest BCUT2D eigenvalue weighted by Gasteiger charge is 2.36. The van der Waals surface area contributed by atoms with Gasteiger partial charge in [-0.3, -0.25) is 10.1 Å². The fourth-order valence-electron chi connectivity index (χ4n) is 3.44. The van der Waals surface area contributed by atoms with Crippen LogP contribution in [0.3, 0.4) is 0 Å². The van der Waals surface area contributed by atoms with Gasteiger partial charge in [-0.2, -0.15) is 5.26 Å². The van der Waals surface area contributed by atoms with Gasteiger partial charge in [-0.1, -0.05) is 12.1 Å². The van der Waals surface area contributed by atoms with Gasteiger partial charge in [0.2, 0.25) is 5.91 Å². The van der Waals surface area contributed by atoms with E-state index in [4.69, 9.17) is 14.7 Å². The van der Waals surface area contributed by atoms with Crippen LogP contribution in [0.25, 0.3) is 0 Å². The monoisotopic (exact) mass is 329 g/mol. The zero-order valence-electron chi connectivity index (χ0n) is 13.9. The number of benzene rings is 1. The first-order chi connectivity index (χ1) is 11.7. The lowest BCUT2D eigenvalue weighted by molar-refractivity contribution is -0.133. The van der Waals surface area contributed by atoms with Gasteiger partial charge in [0, 0.05) is 12.6 Å². The topological polar surface area (TPSA) is 74.6 Å². The minimum absolute atomic E-state index is 0.0545. The molecule has 2 aliphatic rings. The number of carbonyl (C=O) groups excluding carboxylic acids is 1. The lowest BCUT2D eigenvalue weighted by Gasteiger charge is -2.24. The van der Waals surface area contributed by atoms with Crippen molar-refractivity contribution in [1.82, 2.24) is 10.2 Å². The van der Waals surface area contributed by atoms with E-state index >= 15 is 0 Å². The highest BCUT2D eigenvalue weighted by Crippen LogP contribution is 2.27. The van der Waals surface area contributed by atoms with Crippen molar-refractivity contribution in [3.63, 3.8) is 0 Å². The summed E-state index contributed by atoms with van der Waals surface area (Å²) in [5, 5.41) is 12.5. The van der Waals surface area contributed by atoms with Crippen LogP contribution in [-0.2, 0) is 4.79 Å². The first-order valence-corrected chi connectivity index (χ1v) is 8.45. The molecule has 1 N–H and O–H groups in total. The fraction of sp³-hybridized carbons (Fsp3) is 0.556. The molecule has 6 nitrogen and oxygen atoms in total. The molecule has 1 amide bonds. The smallest absolute Gasteiger partial charge is 0.240 e. The zero-order valence-corrected chi connectivity index (χ0v) is 13.9. The SMILES string of the molecule is COc1ccccc1OC[C@H]1CC[C@@H](C(=O)N2CCC[C@H]2C#N)N1. The first kappa shape index (κ1) is 16.6. The number of methoxy groups -OCH3 is 1. The van der Waals surface area contributed by atoms with Gasteiger partial charge in [-0.15, -0.1) is 0 Å². The number of carbonyl (C=O) groups is 1. The Kier molecular flexibility index (Phi) is 5.21. The van der Waals surface area contributed by atoms with Gasteiger partial charge < -0.3 is 14.4 Å². The first-order valence-electron chi connectivity index (χ1n) is 8.45. The molecule has 1 aromatic rings. The number of likely N-dealkylation sites (tertiary alicyclic amines) is 1. The van der Waals surface area contributed by atoms with Gasteiger partial charge in [0.1, 0.15) is 12.6 Å². The second-order valence-corrected chi connectivity index (χ2v) is 6.27. The van der Waals surface area contributed by atoms with E-state index < -0.39 is 0 Å². The predicted octanol–water partition coefficient (Wildman–Crippen LogP) is 1.71. The summed E-state index contributed by atoms with van der Waals surface area (Å²) in [6.07, 6.45) is 3.37. The average Bonchev–Trinajstić information content (AvgIpc) is 3.28. The third kappa shape index (κ3) is 3.46. The van der Waals surface area contributed by atoms with Gasteiger partial charge in [0.05, 0.1) is 19.2 Å². The summed E-state index contributed by atoms with van der Waals surface area (Å²) in [4.78, 5) is 14.3. The van der Waals surface area contributed by atoms with Gasteiger partial charge in [0.25, 0.3) is 0 Å². The minimum atomic E-state index is -0.261. The molecule has 0 aliphatic carbocycles. The van der Waals surface area contributed by atoms with Crippen LogP contribution in [0.15, 0.2) is 24.3 Å². The standard InChI is InChI=1S/C18H23N3O3/c1-23-16-6-2-3-7-17(16)24-12-13-8-9-15(20-13)18(22)21-10-4-5-14(21)11-19/h2-3,6-7,13-15,20H,4-5,8-10,12H2,1H3/t13-,14+,15+/m1/s1. The summed E-state index contributed by atoms with van der Waals surface area (Å²) in [6, 6.07) is 9.43. The largest absolute Gasteiger partial charge is 0.493 e. The Hall–Kier alpha value is -2.26. The molecular formula is C18H23N3O3. The molecule has 128 valence electrons. The molecular weight excluding hydrogens is 306 g/mol. The molecule has 3 atom stereocenters. The van der Waals surface area contributed by atoms with Gasteiger partial charge >= 0.3 is 0 Å². The van der Waals surface area contributed by atoms with Crippen molar-refractivity contribution in [2.75, 3.05) is 20.3 Å². The van der Waals surface area contributed by atoms with Crippen molar-refractivity contribution < 1.29 is 14.3 Å². The molecule has 3 rings (SSSR count). The van der Waals surface area contributed by atoms with Crippen LogP contribution in [0.5, 0.6) is 11.5 Å². The molecule has 2 aliphatic heterocycles. The summed E-state index contributed by atoms with van der Waals surface area (Å²) >= 11 is 0. The number of para-hydroxylation sites is 2. The summed E-state index contributed by atoms with van der Waals surface area (Å²) in [6.45, 7) is 1.18. The molecule has 0 bridgehead atoms. The van der Waals surface area contributed by atoms with Crippen LogP contribution < -0.4 is 14.8 Å². The van der Waals surface area contributed by atoms with Crippen LogP contribution in [0.2, 0.25) is 0 Å². The molecule has 0 aromatic heterocycles. The van der Waals surface area contributed by atoms with Crippen LogP contribution >= 0.6 is 0 Å². The summed E-state index contributed by atoms with van der Waals surface area (Å²) in [7, 11) is 1.62. The highest BCUT2D eigenvalue weighted by atomic mass is 16.5. The number of ether oxygens (including phenoxy) is 2. The Bertz CT molecular complexity index is 628. The number of rotatable bonds is 5. The third-order valence-electron chi connectivity index (χ3n) is 4.73. The quantitative estimate of drug-likeness (QED) is 0.890. The number of nitrogens with one attached hydrogen (secondary N) is 1. The number of amides is 1. The molecule has 0 spiro atoms. The summed E-state index contributed by atoms with van der Waals surface area (Å²) < 4.78 is 11.1. The van der Waals surface area contributed by atoms with Crippen molar-refractivity contribution in [1.29, 1.82) is 5.26 Å². The maximum absolute atomic E-state index is 12.6. The molecule has 2 heterocycles. The Labute approximate surface area is 142 Å². The second kappa shape index (κ2) is 7.54. The van der Waals surface area contributed by atoms with E-state index in [0.717, 1.165) is 25.7 Å². The molecule has 2 saturated heterocycles. The van der Waals surface area contributed by atoms with E-state index in [9.17, 15) is 4.79 Å². The number of nitrogens with zero attached hydrogens (tertiary/aromatic N) is 2. The van der Waals surface area contributed by atoms with E-state index in [-0.39, 0.29) is 24.0 Å². The summed E-state index contributed by atoms with van der Waals surface area (Å²) in [5.74, 6) is 1.47. The normalized spacial score (nSPS) is 26.2. The van der Waals surface area contributed by atoms with E-state index in [2.05, 4.69) is 11.4 Å². The summed E-state index contributed by atoms with van der Waals surface area (Å²) in [5.41, 5.74) is 0. The second-order valence-electron chi connectivity index (χ2n) is 6.27. The molecule has 0 unspecified atom stereocenters. The Morgan fingerprint density at radius 2 is 2.12 bits per heavy atom. The molecule has 0 saturated carbocycles. The van der Waals surface area contributed by atoms with Crippen molar-refractivity contribution in [2.45, 2.75) is 43.8 Å². The fourth-order valence-corrected chi connectivity index (χ4v) is 3.44. The Morgan fingerprint density at radius 3 is 2.88 bits per heavy atom. The highest BCUT2D eigenvalue weighted by molar-refractivity contribution is 5.83. The van der Waals surface area contributed by atoms with Gasteiger partial charge in [-0.05, 0) is 37.8 Å². The lowest BCUT2D eigenvalue weighted by atomic mass is 10.1. The Morgan fingerprint density at radius 1 is 1.33 bits per heavy atom. The van der Waals surface area contributed by atoms with E-state index in [1.54, 1.807) is 12.0 Å². The number of hydrogen-bond donors (Lipinski definition) is 1. The lowest BCUT2D eigenvalue weighted by Crippen LogP contribution is -2.47. The van der Waals surface area contributed by atoms with Crippen LogP contribution in [0, 0.1) is 11.3 Å². The molecule has 6 heteroatoms. The molecule has 24 heavy (non-hydrogen) atoms. The Balaban J connectivity index is 1.52. The number of nitriles is 1. The van der Waals surface area contributed by atoms with Crippen LogP contribution in [0.4, 0.5) is 0 Å². The predicted molar refractivity (Wildman–Crippen MR) is 88.8 cm³/mol. The van der Waals surface area contributed by atoms with Crippen LogP contribution in [-0.4, -0.2) is 49.2 Å². The van der Waals surface area contributed by atoms with Crippen molar-refractivity contribution in [2.24, 2.45) is 0 Å². The minimum Gasteiger partial charge on any atom is -0.493 e. The average molecular weight is 329 g/mol. The van der Waals surface area contributed by atoms with Gasteiger partial charge in [0.15, 0.2) is 11.5 Å². The van der Waals surface area contributed by atoms with Crippen LogP contribution in [0.1, 0.15) is 25.7 Å². The maximum atomic E-state index is 12.6. The zero-order chi connectivity index (χ0) is 16.9. The van der Waals surface area contributed by atoms with Crippen molar-refractivity contribution in [3.8, 4) is 17.6 Å². The maximum Gasteiger partial charge on any atom is 0.240 e. The van der Waals surface area contributed by atoms with E-state index in [1.807, 2.05) is 24.3 Å². The number of hydrogen-bond acceptors (Lipinski definition) is 5. The van der Waals surface area contributed by atoms with Gasteiger partial charge in [-0.25, -0.2) is 0 Å². The molecule has 1 aromatic carbocycles. The molecule has 2 fully saturated rings. The van der Waals surface area contributed by atoms with Crippen molar-refractivity contribution in [3.05, 3.63) is 24.3 Å². The van der Waals surface area contributed by atoms with Crippen molar-refractivity contribution >= 4 is 5.91 Å². The van der Waals surface area contributed by atoms with E-state index in [1.165, 1.54) is 0 Å². The molecule has 0 radical (unpaired) electrons.